The first-order valence-electron chi connectivity index (χ1n) is 6.80. The van der Waals surface area contributed by atoms with Crippen LogP contribution in [0, 0.1) is 12.8 Å². The SMILES string of the molecule is Cc1ncc(CN2CCCC(C(=O)NCCN)C2)s1.Cl. The second-order valence-electron chi connectivity index (χ2n) is 5.00. The summed E-state index contributed by atoms with van der Waals surface area (Å²) in [5.41, 5.74) is 5.41. The van der Waals surface area contributed by atoms with Crippen LogP contribution in [0.15, 0.2) is 6.20 Å². The molecule has 0 spiro atoms. The molecule has 5 nitrogen and oxygen atoms in total. The van der Waals surface area contributed by atoms with Gasteiger partial charge in [-0.3, -0.25) is 9.69 Å². The predicted octanol–water partition coefficient (Wildman–Crippen LogP) is 1.16. The van der Waals surface area contributed by atoms with Gasteiger partial charge >= 0.3 is 0 Å². The van der Waals surface area contributed by atoms with Gasteiger partial charge in [-0.1, -0.05) is 0 Å². The van der Waals surface area contributed by atoms with Crippen molar-refractivity contribution in [3.8, 4) is 0 Å². The molecule has 20 heavy (non-hydrogen) atoms. The molecule has 1 aliphatic heterocycles. The molecule has 1 unspecified atom stereocenters. The number of amides is 1. The van der Waals surface area contributed by atoms with Crippen LogP contribution in [0.2, 0.25) is 0 Å². The van der Waals surface area contributed by atoms with Crippen LogP contribution in [0.1, 0.15) is 22.7 Å². The van der Waals surface area contributed by atoms with E-state index in [2.05, 4.69) is 15.2 Å². The van der Waals surface area contributed by atoms with Crippen LogP contribution in [0.3, 0.4) is 0 Å². The summed E-state index contributed by atoms with van der Waals surface area (Å²) in [5.74, 6) is 0.255. The van der Waals surface area contributed by atoms with Crippen LogP contribution >= 0.6 is 23.7 Å². The van der Waals surface area contributed by atoms with Crippen molar-refractivity contribution in [2.24, 2.45) is 11.7 Å². The number of nitrogens with one attached hydrogen (secondary N) is 1. The van der Waals surface area contributed by atoms with Crippen molar-refractivity contribution in [1.82, 2.24) is 15.2 Å². The molecule has 1 aliphatic rings. The Hall–Kier alpha value is -0.690. The lowest BCUT2D eigenvalue weighted by atomic mass is 9.97. The number of hydrogen-bond acceptors (Lipinski definition) is 5. The van der Waals surface area contributed by atoms with Gasteiger partial charge < -0.3 is 11.1 Å². The first-order valence-corrected chi connectivity index (χ1v) is 7.62. The summed E-state index contributed by atoms with van der Waals surface area (Å²) in [7, 11) is 0. The lowest BCUT2D eigenvalue weighted by Gasteiger charge is -2.31. The molecule has 1 aromatic heterocycles. The fraction of sp³-hybridized carbons (Fsp3) is 0.692. The number of thiazole rings is 1. The van der Waals surface area contributed by atoms with E-state index in [-0.39, 0.29) is 24.2 Å². The van der Waals surface area contributed by atoms with Gasteiger partial charge in [-0.25, -0.2) is 4.98 Å². The van der Waals surface area contributed by atoms with Gasteiger partial charge in [0, 0.05) is 37.3 Å². The fourth-order valence-electron chi connectivity index (χ4n) is 2.45. The maximum atomic E-state index is 12.0. The van der Waals surface area contributed by atoms with Crippen LogP contribution < -0.4 is 11.1 Å². The standard InChI is InChI=1S/C13H22N4OS.ClH/c1-10-16-7-12(19-10)9-17-6-2-3-11(8-17)13(18)15-5-4-14;/h7,11H,2-6,8-9,14H2,1H3,(H,15,18);1H. The summed E-state index contributed by atoms with van der Waals surface area (Å²) >= 11 is 1.74. The Morgan fingerprint density at radius 2 is 2.45 bits per heavy atom. The van der Waals surface area contributed by atoms with E-state index in [4.69, 9.17) is 5.73 Å². The number of likely N-dealkylation sites (tertiary alicyclic amines) is 1. The summed E-state index contributed by atoms with van der Waals surface area (Å²) in [6.07, 6.45) is 4.01. The first kappa shape index (κ1) is 17.4. The molecule has 1 aromatic rings. The Morgan fingerprint density at radius 3 is 3.10 bits per heavy atom. The highest BCUT2D eigenvalue weighted by atomic mass is 35.5. The first-order chi connectivity index (χ1) is 9.19. The molecule has 0 aromatic carbocycles. The highest BCUT2D eigenvalue weighted by Crippen LogP contribution is 2.21. The van der Waals surface area contributed by atoms with Crippen molar-refractivity contribution in [3.05, 3.63) is 16.1 Å². The molecule has 0 saturated carbocycles. The summed E-state index contributed by atoms with van der Waals surface area (Å²) < 4.78 is 0. The third-order valence-electron chi connectivity index (χ3n) is 3.37. The number of aryl methyl sites for hydroxylation is 1. The normalized spacial score (nSPS) is 19.4. The van der Waals surface area contributed by atoms with E-state index < -0.39 is 0 Å². The third-order valence-corrected chi connectivity index (χ3v) is 4.27. The highest BCUT2D eigenvalue weighted by molar-refractivity contribution is 7.11. The van der Waals surface area contributed by atoms with E-state index in [1.54, 1.807) is 11.3 Å². The number of hydrogen-bond donors (Lipinski definition) is 2. The van der Waals surface area contributed by atoms with Gasteiger partial charge in [-0.2, -0.15) is 0 Å². The van der Waals surface area contributed by atoms with Gasteiger partial charge in [-0.15, -0.1) is 23.7 Å². The number of nitrogens with zero attached hydrogens (tertiary/aromatic N) is 2. The van der Waals surface area contributed by atoms with E-state index in [1.165, 1.54) is 4.88 Å². The molecule has 0 bridgehead atoms. The monoisotopic (exact) mass is 318 g/mol. The van der Waals surface area contributed by atoms with Crippen LogP contribution in [0.5, 0.6) is 0 Å². The van der Waals surface area contributed by atoms with Gasteiger partial charge in [0.05, 0.1) is 10.9 Å². The summed E-state index contributed by atoms with van der Waals surface area (Å²) in [6, 6.07) is 0. The van der Waals surface area contributed by atoms with Crippen molar-refractivity contribution in [2.75, 3.05) is 26.2 Å². The van der Waals surface area contributed by atoms with Gasteiger partial charge in [0.15, 0.2) is 0 Å². The Labute approximate surface area is 130 Å². The highest BCUT2D eigenvalue weighted by Gasteiger charge is 2.25. The van der Waals surface area contributed by atoms with E-state index >= 15 is 0 Å². The quantitative estimate of drug-likeness (QED) is 0.854. The molecule has 1 amide bonds. The number of carbonyl (C=O) groups is 1. The molecule has 1 fully saturated rings. The zero-order valence-corrected chi connectivity index (χ0v) is 13.4. The minimum Gasteiger partial charge on any atom is -0.355 e. The summed E-state index contributed by atoms with van der Waals surface area (Å²) in [4.78, 5) is 19.9. The summed E-state index contributed by atoms with van der Waals surface area (Å²) in [5, 5.41) is 3.99. The molecule has 114 valence electrons. The molecule has 1 saturated heterocycles. The molecule has 7 heteroatoms. The van der Waals surface area contributed by atoms with Crippen molar-refractivity contribution in [2.45, 2.75) is 26.3 Å². The molecule has 3 N–H and O–H groups in total. The maximum Gasteiger partial charge on any atom is 0.224 e. The summed E-state index contributed by atoms with van der Waals surface area (Å²) in [6.45, 7) is 5.91. The predicted molar refractivity (Wildman–Crippen MR) is 84.2 cm³/mol. The Balaban J connectivity index is 0.00000200. The number of halogens is 1. The molecule has 0 radical (unpaired) electrons. The second kappa shape index (κ2) is 8.56. The second-order valence-corrected chi connectivity index (χ2v) is 6.32. The molecule has 1 atom stereocenters. The number of piperidine rings is 1. The van der Waals surface area contributed by atoms with E-state index in [1.807, 2.05) is 13.1 Å². The van der Waals surface area contributed by atoms with Crippen molar-refractivity contribution in [1.29, 1.82) is 0 Å². The minimum absolute atomic E-state index is 0. The molecular weight excluding hydrogens is 296 g/mol. The largest absolute Gasteiger partial charge is 0.355 e. The Bertz CT molecular complexity index is 426. The minimum atomic E-state index is 0. The number of nitrogens with two attached hydrogens (primary N) is 1. The third kappa shape index (κ3) is 5.01. The van der Waals surface area contributed by atoms with Crippen LogP contribution in [0.4, 0.5) is 0 Å². The maximum absolute atomic E-state index is 12.0. The lowest BCUT2D eigenvalue weighted by molar-refractivity contribution is -0.126. The van der Waals surface area contributed by atoms with E-state index in [0.29, 0.717) is 13.1 Å². The van der Waals surface area contributed by atoms with Gasteiger partial charge in [0.25, 0.3) is 0 Å². The average molecular weight is 319 g/mol. The number of carbonyl (C=O) groups excluding carboxylic acids is 1. The molecule has 2 rings (SSSR count). The van der Waals surface area contributed by atoms with E-state index in [9.17, 15) is 4.79 Å². The zero-order valence-electron chi connectivity index (χ0n) is 11.8. The Kier molecular flexibility index (Phi) is 7.43. The van der Waals surface area contributed by atoms with E-state index in [0.717, 1.165) is 37.5 Å². The fourth-order valence-corrected chi connectivity index (χ4v) is 3.29. The van der Waals surface area contributed by atoms with Crippen molar-refractivity contribution < 1.29 is 4.79 Å². The Morgan fingerprint density at radius 1 is 1.65 bits per heavy atom. The zero-order chi connectivity index (χ0) is 13.7. The molecule has 0 aliphatic carbocycles. The van der Waals surface area contributed by atoms with Crippen LogP contribution in [-0.4, -0.2) is 42.0 Å². The van der Waals surface area contributed by atoms with Gasteiger partial charge in [-0.05, 0) is 26.3 Å². The van der Waals surface area contributed by atoms with Crippen molar-refractivity contribution in [3.63, 3.8) is 0 Å². The topological polar surface area (TPSA) is 71.2 Å². The van der Waals surface area contributed by atoms with Gasteiger partial charge in [0.2, 0.25) is 5.91 Å². The molecular formula is C13H23ClN4OS. The number of rotatable bonds is 5. The smallest absolute Gasteiger partial charge is 0.224 e. The van der Waals surface area contributed by atoms with Crippen molar-refractivity contribution >= 4 is 29.7 Å². The van der Waals surface area contributed by atoms with Crippen LogP contribution in [-0.2, 0) is 11.3 Å². The van der Waals surface area contributed by atoms with Crippen LogP contribution in [0.25, 0.3) is 0 Å². The average Bonchev–Trinajstić information content (AvgIpc) is 2.81. The molecule has 2 heterocycles. The number of aromatic nitrogens is 1. The lowest BCUT2D eigenvalue weighted by Crippen LogP contribution is -2.43. The van der Waals surface area contributed by atoms with Gasteiger partial charge in [0.1, 0.15) is 0 Å².